The lowest BCUT2D eigenvalue weighted by Gasteiger charge is -2.01. The highest BCUT2D eigenvalue weighted by molar-refractivity contribution is 5.73. The van der Waals surface area contributed by atoms with Crippen LogP contribution in [0.1, 0.15) is 0 Å². The van der Waals surface area contributed by atoms with Gasteiger partial charge in [-0.1, -0.05) is 12.1 Å². The molecule has 0 atom stereocenters. The van der Waals surface area contributed by atoms with Crippen molar-refractivity contribution in [1.29, 1.82) is 0 Å². The molecular weight excluding hydrogens is 163 g/mol. The van der Waals surface area contributed by atoms with Gasteiger partial charge in [-0.05, 0) is 12.1 Å². The molecule has 3 nitrogen and oxygen atoms in total. The van der Waals surface area contributed by atoms with Crippen LogP contribution in [0.4, 0.5) is 4.39 Å². The lowest BCUT2D eigenvalue weighted by molar-refractivity contribution is -0.137. The summed E-state index contributed by atoms with van der Waals surface area (Å²) in [5, 5.41) is 8.29. The number of ether oxygens (including phenoxy) is 1. The number of hydrogen-bond acceptors (Lipinski definition) is 3. The Labute approximate surface area is 68.4 Å². The van der Waals surface area contributed by atoms with Crippen LogP contribution in [-0.2, 0) is 4.79 Å². The second kappa shape index (κ2) is 3.82. The molecule has 1 rings (SSSR count). The number of aliphatic hydroxyl groups is 1. The highest BCUT2D eigenvalue weighted by Crippen LogP contribution is 2.14. The van der Waals surface area contributed by atoms with Crippen LogP contribution in [0, 0.1) is 5.82 Å². The van der Waals surface area contributed by atoms with E-state index in [4.69, 9.17) is 5.11 Å². The average molecular weight is 170 g/mol. The zero-order valence-corrected chi connectivity index (χ0v) is 6.16. The monoisotopic (exact) mass is 170 g/mol. The molecule has 0 radical (unpaired) electrons. The summed E-state index contributed by atoms with van der Waals surface area (Å²) in [4.78, 5) is 10.5. The maximum Gasteiger partial charge on any atom is 0.337 e. The minimum Gasteiger partial charge on any atom is -0.422 e. The molecule has 0 amide bonds. The summed E-state index contributed by atoms with van der Waals surface area (Å²) in [5.41, 5.74) is 0. The molecule has 0 aliphatic rings. The van der Waals surface area contributed by atoms with Gasteiger partial charge in [-0.25, -0.2) is 9.18 Å². The Balaban J connectivity index is 2.75. The molecule has 0 unspecified atom stereocenters. The summed E-state index contributed by atoms with van der Waals surface area (Å²) in [6.45, 7) is -0.756. The van der Waals surface area contributed by atoms with Gasteiger partial charge in [0, 0.05) is 0 Å². The maximum absolute atomic E-state index is 12.7. The van der Waals surface area contributed by atoms with Crippen LogP contribution in [-0.4, -0.2) is 17.7 Å². The van der Waals surface area contributed by atoms with Crippen molar-refractivity contribution in [3.63, 3.8) is 0 Å². The molecule has 1 aromatic rings. The predicted octanol–water partition coefficient (Wildman–Crippen LogP) is 0.723. The molecule has 0 bridgehead atoms. The third kappa shape index (κ3) is 2.03. The van der Waals surface area contributed by atoms with Gasteiger partial charge in [0.15, 0.2) is 11.6 Å². The van der Waals surface area contributed by atoms with Crippen LogP contribution < -0.4 is 4.74 Å². The minimum absolute atomic E-state index is 0.170. The summed E-state index contributed by atoms with van der Waals surface area (Å²) in [6.07, 6.45) is 0. The molecular formula is C8H7FO3. The van der Waals surface area contributed by atoms with E-state index < -0.39 is 18.4 Å². The molecule has 4 heteroatoms. The number of esters is 1. The summed E-state index contributed by atoms with van der Waals surface area (Å²) < 4.78 is 17.2. The average Bonchev–Trinajstić information content (AvgIpc) is 2.09. The van der Waals surface area contributed by atoms with Gasteiger partial charge in [-0.15, -0.1) is 0 Å². The Morgan fingerprint density at radius 1 is 1.50 bits per heavy atom. The van der Waals surface area contributed by atoms with Crippen LogP contribution in [0.3, 0.4) is 0 Å². The van der Waals surface area contributed by atoms with Crippen molar-refractivity contribution >= 4 is 5.97 Å². The van der Waals surface area contributed by atoms with Crippen molar-refractivity contribution in [3.8, 4) is 5.75 Å². The summed E-state index contributed by atoms with van der Waals surface area (Å²) in [6, 6.07) is 5.48. The topological polar surface area (TPSA) is 46.5 Å². The molecule has 0 heterocycles. The van der Waals surface area contributed by atoms with Crippen LogP contribution in [0.15, 0.2) is 24.3 Å². The Kier molecular flexibility index (Phi) is 2.76. The van der Waals surface area contributed by atoms with Crippen LogP contribution in [0.25, 0.3) is 0 Å². The zero-order chi connectivity index (χ0) is 8.97. The number of hydrogen-bond donors (Lipinski definition) is 1. The van der Waals surface area contributed by atoms with Crippen molar-refractivity contribution in [3.05, 3.63) is 30.1 Å². The molecule has 1 N–H and O–H groups in total. The van der Waals surface area contributed by atoms with E-state index in [1.807, 2.05) is 0 Å². The number of carbonyl (C=O) groups is 1. The molecule has 64 valence electrons. The van der Waals surface area contributed by atoms with Gasteiger partial charge in [0.25, 0.3) is 0 Å². The van der Waals surface area contributed by atoms with Gasteiger partial charge < -0.3 is 9.84 Å². The summed E-state index contributed by atoms with van der Waals surface area (Å²) in [5.74, 6) is -1.67. The number of para-hydroxylation sites is 1. The Bertz CT molecular complexity index is 285. The first-order valence-corrected chi connectivity index (χ1v) is 3.30. The predicted molar refractivity (Wildman–Crippen MR) is 39.1 cm³/mol. The Morgan fingerprint density at radius 3 is 2.75 bits per heavy atom. The molecule has 0 saturated heterocycles. The summed E-state index contributed by atoms with van der Waals surface area (Å²) >= 11 is 0. The van der Waals surface area contributed by atoms with Gasteiger partial charge >= 0.3 is 5.97 Å². The lowest BCUT2D eigenvalue weighted by atomic mass is 10.3. The molecule has 0 saturated carbocycles. The van der Waals surface area contributed by atoms with E-state index in [2.05, 4.69) is 4.74 Å². The van der Waals surface area contributed by atoms with E-state index >= 15 is 0 Å². The first kappa shape index (κ1) is 8.67. The van der Waals surface area contributed by atoms with Crippen LogP contribution in [0.5, 0.6) is 5.75 Å². The second-order valence-corrected chi connectivity index (χ2v) is 2.06. The standard InChI is InChI=1S/C8H7FO3/c9-6-3-1-2-4-7(6)12-8(11)5-10/h1-4,10H,5H2. The normalized spacial score (nSPS) is 9.50. The fraction of sp³-hybridized carbons (Fsp3) is 0.125. The van der Waals surface area contributed by atoms with E-state index in [1.165, 1.54) is 24.3 Å². The third-order valence-corrected chi connectivity index (χ3v) is 1.19. The lowest BCUT2D eigenvalue weighted by Crippen LogP contribution is -2.12. The minimum atomic E-state index is -0.875. The molecule has 12 heavy (non-hydrogen) atoms. The smallest absolute Gasteiger partial charge is 0.337 e. The zero-order valence-electron chi connectivity index (χ0n) is 6.16. The Morgan fingerprint density at radius 2 is 2.17 bits per heavy atom. The molecule has 0 spiro atoms. The highest BCUT2D eigenvalue weighted by atomic mass is 19.1. The van der Waals surface area contributed by atoms with E-state index in [9.17, 15) is 9.18 Å². The van der Waals surface area contributed by atoms with Crippen molar-refractivity contribution < 1.29 is 19.0 Å². The SMILES string of the molecule is O=C(CO)Oc1ccccc1F. The largest absolute Gasteiger partial charge is 0.422 e. The molecule has 1 aromatic carbocycles. The first-order valence-electron chi connectivity index (χ1n) is 3.30. The van der Waals surface area contributed by atoms with Gasteiger partial charge in [0.1, 0.15) is 6.61 Å². The quantitative estimate of drug-likeness (QED) is 0.525. The number of carbonyl (C=O) groups excluding carboxylic acids is 1. The van der Waals surface area contributed by atoms with E-state index in [1.54, 1.807) is 0 Å². The maximum atomic E-state index is 12.7. The van der Waals surface area contributed by atoms with Gasteiger partial charge in [-0.2, -0.15) is 0 Å². The Hall–Kier alpha value is -1.42. The van der Waals surface area contributed by atoms with Crippen LogP contribution in [0.2, 0.25) is 0 Å². The number of aliphatic hydroxyl groups excluding tert-OH is 1. The van der Waals surface area contributed by atoms with E-state index in [0.29, 0.717) is 0 Å². The van der Waals surface area contributed by atoms with Gasteiger partial charge in [-0.3, -0.25) is 0 Å². The third-order valence-electron chi connectivity index (χ3n) is 1.19. The fourth-order valence-corrected chi connectivity index (χ4v) is 0.682. The van der Waals surface area contributed by atoms with Crippen molar-refractivity contribution in [2.75, 3.05) is 6.61 Å². The van der Waals surface area contributed by atoms with Gasteiger partial charge in [0.2, 0.25) is 0 Å². The van der Waals surface area contributed by atoms with Crippen molar-refractivity contribution in [2.24, 2.45) is 0 Å². The molecule has 0 aromatic heterocycles. The summed E-state index contributed by atoms with van der Waals surface area (Å²) in [7, 11) is 0. The second-order valence-electron chi connectivity index (χ2n) is 2.06. The first-order chi connectivity index (χ1) is 5.74. The number of benzene rings is 1. The van der Waals surface area contributed by atoms with E-state index in [-0.39, 0.29) is 5.75 Å². The molecule has 0 fully saturated rings. The highest BCUT2D eigenvalue weighted by Gasteiger charge is 2.06. The molecule has 0 aliphatic heterocycles. The number of halogens is 1. The van der Waals surface area contributed by atoms with Crippen LogP contribution >= 0.6 is 0 Å². The molecule has 0 aliphatic carbocycles. The fourth-order valence-electron chi connectivity index (χ4n) is 0.682. The van der Waals surface area contributed by atoms with Gasteiger partial charge in [0.05, 0.1) is 0 Å². The van der Waals surface area contributed by atoms with Crippen molar-refractivity contribution in [1.82, 2.24) is 0 Å². The number of rotatable bonds is 2. The van der Waals surface area contributed by atoms with E-state index in [0.717, 1.165) is 0 Å². The van der Waals surface area contributed by atoms with Crippen molar-refractivity contribution in [2.45, 2.75) is 0 Å².